The van der Waals surface area contributed by atoms with Gasteiger partial charge in [0.05, 0.1) is 18.1 Å². The largest absolute Gasteiger partial charge is 0.490 e. The Bertz CT molecular complexity index is 310. The average Bonchev–Trinajstić information content (AvgIpc) is 2.79. The lowest BCUT2D eigenvalue weighted by Crippen LogP contribution is -2.28. The Balaban J connectivity index is 1.86. The lowest BCUT2D eigenvalue weighted by atomic mass is 10.2. The monoisotopic (exact) mass is 207 g/mol. The first-order valence-corrected chi connectivity index (χ1v) is 5.37. The van der Waals surface area contributed by atoms with Crippen LogP contribution in [-0.4, -0.2) is 31.2 Å². The molecule has 1 aromatic heterocycles. The van der Waals surface area contributed by atoms with Gasteiger partial charge in [-0.2, -0.15) is 0 Å². The summed E-state index contributed by atoms with van der Waals surface area (Å²) in [6.07, 6.45) is 5.98. The average molecular weight is 207 g/mol. The molecular formula is C11H17N3O. The molecule has 0 aliphatic carbocycles. The van der Waals surface area contributed by atoms with E-state index < -0.39 is 0 Å². The number of nitrogens with zero attached hydrogens (tertiary/aromatic N) is 1. The van der Waals surface area contributed by atoms with E-state index in [1.54, 1.807) is 12.4 Å². The Morgan fingerprint density at radius 2 is 2.53 bits per heavy atom. The summed E-state index contributed by atoms with van der Waals surface area (Å²) in [6.45, 7) is 1.84. The van der Waals surface area contributed by atoms with Crippen LogP contribution in [0, 0.1) is 0 Å². The molecule has 1 aliphatic heterocycles. The van der Waals surface area contributed by atoms with Crippen LogP contribution in [0.1, 0.15) is 12.8 Å². The maximum absolute atomic E-state index is 5.67. The lowest BCUT2D eigenvalue weighted by molar-refractivity contribution is 0.276. The molecule has 0 spiro atoms. The first-order valence-electron chi connectivity index (χ1n) is 5.37. The predicted molar refractivity (Wildman–Crippen MR) is 60.3 cm³/mol. The second-order valence-corrected chi connectivity index (χ2v) is 3.76. The maximum Gasteiger partial charge on any atom is 0.139 e. The third-order valence-electron chi connectivity index (χ3n) is 2.62. The molecule has 2 heterocycles. The standard InChI is InChI=1S/C11H17N3O/c1-12-10-5-11(7-13-6-10)15-8-9-3-2-4-14-9/h5-7,9,12,14H,2-4,8H2,1H3/t9-/m0/s1. The van der Waals surface area contributed by atoms with E-state index in [2.05, 4.69) is 15.6 Å². The Hall–Kier alpha value is -1.29. The molecule has 82 valence electrons. The molecule has 2 rings (SSSR count). The van der Waals surface area contributed by atoms with E-state index in [-0.39, 0.29) is 0 Å². The van der Waals surface area contributed by atoms with Crippen LogP contribution in [0.15, 0.2) is 18.5 Å². The van der Waals surface area contributed by atoms with Gasteiger partial charge in [-0.05, 0) is 19.4 Å². The van der Waals surface area contributed by atoms with Gasteiger partial charge >= 0.3 is 0 Å². The SMILES string of the molecule is CNc1cncc(OC[C@@H]2CCCN2)c1. The van der Waals surface area contributed by atoms with Crippen molar-refractivity contribution in [2.24, 2.45) is 0 Å². The van der Waals surface area contributed by atoms with Crippen molar-refractivity contribution in [2.45, 2.75) is 18.9 Å². The van der Waals surface area contributed by atoms with E-state index in [0.717, 1.165) is 24.6 Å². The summed E-state index contributed by atoms with van der Waals surface area (Å²) in [4.78, 5) is 4.09. The van der Waals surface area contributed by atoms with Crippen LogP contribution in [0.3, 0.4) is 0 Å². The van der Waals surface area contributed by atoms with Crippen molar-refractivity contribution < 1.29 is 4.74 Å². The quantitative estimate of drug-likeness (QED) is 0.780. The number of ether oxygens (including phenoxy) is 1. The summed E-state index contributed by atoms with van der Waals surface area (Å²) in [6, 6.07) is 2.46. The molecule has 0 radical (unpaired) electrons. The van der Waals surface area contributed by atoms with Gasteiger partial charge in [0.15, 0.2) is 0 Å². The zero-order valence-corrected chi connectivity index (χ0v) is 8.99. The van der Waals surface area contributed by atoms with E-state index in [4.69, 9.17) is 4.74 Å². The van der Waals surface area contributed by atoms with E-state index in [0.29, 0.717) is 6.04 Å². The Kier molecular flexibility index (Phi) is 3.40. The molecule has 0 amide bonds. The highest BCUT2D eigenvalue weighted by atomic mass is 16.5. The predicted octanol–water partition coefficient (Wildman–Crippen LogP) is 1.25. The lowest BCUT2D eigenvalue weighted by Gasteiger charge is -2.12. The van der Waals surface area contributed by atoms with Crippen LogP contribution in [0.4, 0.5) is 5.69 Å². The zero-order valence-electron chi connectivity index (χ0n) is 8.99. The van der Waals surface area contributed by atoms with Gasteiger partial charge in [-0.3, -0.25) is 4.98 Å². The second kappa shape index (κ2) is 4.98. The molecule has 0 bridgehead atoms. The fourth-order valence-corrected chi connectivity index (χ4v) is 1.73. The molecule has 15 heavy (non-hydrogen) atoms. The number of aromatic nitrogens is 1. The van der Waals surface area contributed by atoms with Crippen molar-refractivity contribution in [1.29, 1.82) is 0 Å². The Labute approximate surface area is 90.0 Å². The zero-order chi connectivity index (χ0) is 10.5. The molecule has 1 aromatic rings. The summed E-state index contributed by atoms with van der Waals surface area (Å²) < 4.78 is 5.67. The van der Waals surface area contributed by atoms with Crippen molar-refractivity contribution in [2.75, 3.05) is 25.5 Å². The van der Waals surface area contributed by atoms with Crippen LogP contribution in [0.2, 0.25) is 0 Å². The summed E-state index contributed by atoms with van der Waals surface area (Å²) in [7, 11) is 1.87. The third-order valence-corrected chi connectivity index (χ3v) is 2.62. The van der Waals surface area contributed by atoms with Crippen molar-refractivity contribution in [3.05, 3.63) is 18.5 Å². The first-order chi connectivity index (χ1) is 7.38. The molecule has 2 N–H and O–H groups in total. The number of nitrogens with one attached hydrogen (secondary N) is 2. The van der Waals surface area contributed by atoms with Crippen molar-refractivity contribution >= 4 is 5.69 Å². The molecule has 1 atom stereocenters. The van der Waals surface area contributed by atoms with Gasteiger partial charge in [-0.1, -0.05) is 0 Å². The highest BCUT2D eigenvalue weighted by molar-refractivity contribution is 5.44. The van der Waals surface area contributed by atoms with E-state index in [1.165, 1.54) is 12.8 Å². The van der Waals surface area contributed by atoms with E-state index in [9.17, 15) is 0 Å². The number of hydrogen-bond donors (Lipinski definition) is 2. The number of hydrogen-bond acceptors (Lipinski definition) is 4. The third kappa shape index (κ3) is 2.83. The van der Waals surface area contributed by atoms with Gasteiger partial charge in [-0.15, -0.1) is 0 Å². The van der Waals surface area contributed by atoms with Crippen LogP contribution >= 0.6 is 0 Å². The molecular weight excluding hydrogens is 190 g/mol. The summed E-state index contributed by atoms with van der Waals surface area (Å²) in [5.74, 6) is 0.829. The Morgan fingerprint density at radius 1 is 1.60 bits per heavy atom. The van der Waals surface area contributed by atoms with E-state index in [1.807, 2.05) is 13.1 Å². The van der Waals surface area contributed by atoms with Gasteiger partial charge in [0.2, 0.25) is 0 Å². The van der Waals surface area contributed by atoms with Gasteiger partial charge < -0.3 is 15.4 Å². The topological polar surface area (TPSA) is 46.2 Å². The molecule has 0 aromatic carbocycles. The molecule has 4 heteroatoms. The normalized spacial score (nSPS) is 20.2. The summed E-state index contributed by atoms with van der Waals surface area (Å²) in [5, 5.41) is 6.43. The van der Waals surface area contributed by atoms with Crippen LogP contribution in [0.25, 0.3) is 0 Å². The molecule has 1 aliphatic rings. The minimum atomic E-state index is 0.503. The molecule has 4 nitrogen and oxygen atoms in total. The maximum atomic E-state index is 5.67. The van der Waals surface area contributed by atoms with Gasteiger partial charge in [0, 0.05) is 19.2 Å². The van der Waals surface area contributed by atoms with Crippen LogP contribution in [0.5, 0.6) is 5.75 Å². The smallest absolute Gasteiger partial charge is 0.139 e. The van der Waals surface area contributed by atoms with Crippen molar-refractivity contribution in [3.63, 3.8) is 0 Å². The fraction of sp³-hybridized carbons (Fsp3) is 0.545. The fourth-order valence-electron chi connectivity index (χ4n) is 1.73. The van der Waals surface area contributed by atoms with E-state index >= 15 is 0 Å². The highest BCUT2D eigenvalue weighted by Gasteiger charge is 2.14. The minimum absolute atomic E-state index is 0.503. The second-order valence-electron chi connectivity index (χ2n) is 3.76. The summed E-state index contributed by atoms with van der Waals surface area (Å²) in [5.41, 5.74) is 0.979. The van der Waals surface area contributed by atoms with Crippen LogP contribution < -0.4 is 15.4 Å². The van der Waals surface area contributed by atoms with Gasteiger partial charge in [0.1, 0.15) is 12.4 Å². The number of rotatable bonds is 4. The van der Waals surface area contributed by atoms with Gasteiger partial charge in [0.25, 0.3) is 0 Å². The molecule has 0 saturated carbocycles. The van der Waals surface area contributed by atoms with Crippen LogP contribution in [-0.2, 0) is 0 Å². The number of pyridine rings is 1. The molecule has 0 unspecified atom stereocenters. The molecule has 1 fully saturated rings. The minimum Gasteiger partial charge on any atom is -0.490 e. The first kappa shape index (κ1) is 10.2. The molecule has 1 saturated heterocycles. The van der Waals surface area contributed by atoms with Crippen molar-refractivity contribution in [1.82, 2.24) is 10.3 Å². The number of anilines is 1. The van der Waals surface area contributed by atoms with Crippen molar-refractivity contribution in [3.8, 4) is 5.75 Å². The Morgan fingerprint density at radius 3 is 3.27 bits per heavy atom. The summed E-state index contributed by atoms with van der Waals surface area (Å²) >= 11 is 0. The highest BCUT2D eigenvalue weighted by Crippen LogP contribution is 2.15. The van der Waals surface area contributed by atoms with Gasteiger partial charge in [-0.25, -0.2) is 0 Å².